The van der Waals surface area contributed by atoms with Gasteiger partial charge in [-0.3, -0.25) is 14.3 Å². The molecule has 0 saturated carbocycles. The highest BCUT2D eigenvalue weighted by Crippen LogP contribution is 2.30. The first kappa shape index (κ1) is 14.5. The molecule has 1 aliphatic heterocycles. The molecule has 0 radical (unpaired) electrons. The molecule has 0 aromatic carbocycles. The summed E-state index contributed by atoms with van der Waals surface area (Å²) in [6.07, 6.45) is 4.58. The molecule has 110 valence electrons. The maximum atomic E-state index is 11.8. The van der Waals surface area contributed by atoms with E-state index in [-0.39, 0.29) is 18.9 Å². The molecule has 2 heterocycles. The third-order valence-corrected chi connectivity index (χ3v) is 3.65. The second-order valence-electron chi connectivity index (χ2n) is 4.99. The van der Waals surface area contributed by atoms with Gasteiger partial charge in [0.25, 0.3) is 0 Å². The highest BCUT2D eigenvalue weighted by atomic mass is 16.5. The van der Waals surface area contributed by atoms with E-state index in [4.69, 9.17) is 4.74 Å². The fourth-order valence-electron chi connectivity index (χ4n) is 2.23. The Labute approximate surface area is 116 Å². The van der Waals surface area contributed by atoms with Crippen molar-refractivity contribution in [1.82, 2.24) is 15.1 Å². The molecule has 1 saturated heterocycles. The Kier molecular flexibility index (Phi) is 4.73. The summed E-state index contributed by atoms with van der Waals surface area (Å²) < 4.78 is 6.86. The van der Waals surface area contributed by atoms with Gasteiger partial charge in [0.15, 0.2) is 0 Å². The third kappa shape index (κ3) is 3.57. The Morgan fingerprint density at radius 2 is 2.15 bits per heavy atom. The number of carbonyl (C=O) groups excluding carboxylic acids is 1. The molecule has 1 aromatic heterocycles. The molecule has 7 nitrogen and oxygen atoms in total. The fraction of sp³-hybridized carbons (Fsp3) is 0.615. The molecule has 0 spiro atoms. The van der Waals surface area contributed by atoms with Crippen LogP contribution in [0.15, 0.2) is 18.5 Å². The highest BCUT2D eigenvalue weighted by Gasteiger charge is 2.40. The van der Waals surface area contributed by atoms with E-state index in [0.717, 1.165) is 0 Å². The number of hydrogen-bond donors (Lipinski definition) is 2. The first-order valence-corrected chi connectivity index (χ1v) is 6.68. The predicted molar refractivity (Wildman–Crippen MR) is 70.0 cm³/mol. The monoisotopic (exact) mass is 281 g/mol. The molecule has 2 N–H and O–H groups in total. The zero-order valence-corrected chi connectivity index (χ0v) is 11.2. The van der Waals surface area contributed by atoms with Gasteiger partial charge in [0.05, 0.1) is 5.41 Å². The molecule has 1 amide bonds. The van der Waals surface area contributed by atoms with Gasteiger partial charge in [-0.2, -0.15) is 5.10 Å². The van der Waals surface area contributed by atoms with Gasteiger partial charge in [-0.1, -0.05) is 0 Å². The van der Waals surface area contributed by atoms with E-state index in [1.54, 1.807) is 23.1 Å². The predicted octanol–water partition coefficient (Wildman–Crippen LogP) is 0.271. The lowest BCUT2D eigenvalue weighted by molar-refractivity contribution is -0.154. The molecule has 0 aliphatic carbocycles. The Morgan fingerprint density at radius 1 is 1.40 bits per heavy atom. The van der Waals surface area contributed by atoms with Gasteiger partial charge in [0.2, 0.25) is 5.91 Å². The largest absolute Gasteiger partial charge is 0.481 e. The van der Waals surface area contributed by atoms with Gasteiger partial charge in [-0.15, -0.1) is 0 Å². The normalized spacial score (nSPS) is 17.6. The molecule has 1 fully saturated rings. The quantitative estimate of drug-likeness (QED) is 0.780. The molecule has 7 heteroatoms. The molecule has 1 aromatic rings. The van der Waals surface area contributed by atoms with E-state index in [2.05, 4.69) is 10.4 Å². The molecule has 0 atom stereocenters. The summed E-state index contributed by atoms with van der Waals surface area (Å²) in [6.45, 7) is 1.50. The number of carboxylic acids is 1. The Balaban J connectivity index is 1.80. The lowest BCUT2D eigenvalue weighted by Crippen LogP contribution is -2.46. The summed E-state index contributed by atoms with van der Waals surface area (Å²) in [5, 5.41) is 16.1. The van der Waals surface area contributed by atoms with Crippen molar-refractivity contribution in [2.45, 2.75) is 25.8 Å². The number of aromatic nitrogens is 2. The van der Waals surface area contributed by atoms with Crippen molar-refractivity contribution in [3.05, 3.63) is 18.5 Å². The third-order valence-electron chi connectivity index (χ3n) is 3.65. The Hall–Kier alpha value is -1.89. The Morgan fingerprint density at radius 3 is 2.75 bits per heavy atom. The molecule has 1 aliphatic rings. The number of aliphatic carboxylic acids is 1. The summed E-state index contributed by atoms with van der Waals surface area (Å²) in [7, 11) is 0. The standard InChI is InChI=1S/C13H19N3O4/c17-11(2-7-16-6-1-5-15-16)14-10-13(12(18)19)3-8-20-9-4-13/h1,5-6H,2-4,7-10H2,(H,14,17)(H,18,19). The minimum Gasteiger partial charge on any atom is -0.481 e. The van der Waals surface area contributed by atoms with E-state index in [1.807, 2.05) is 0 Å². The average molecular weight is 281 g/mol. The van der Waals surface area contributed by atoms with Gasteiger partial charge < -0.3 is 15.2 Å². The first-order chi connectivity index (χ1) is 9.62. The van der Waals surface area contributed by atoms with E-state index >= 15 is 0 Å². The van der Waals surface area contributed by atoms with Crippen LogP contribution in [0.5, 0.6) is 0 Å². The molecule has 0 bridgehead atoms. The number of ether oxygens (including phenoxy) is 1. The summed E-state index contributed by atoms with van der Waals surface area (Å²) in [5.74, 6) is -1.03. The molecular weight excluding hydrogens is 262 g/mol. The van der Waals surface area contributed by atoms with Crippen LogP contribution in [-0.2, 0) is 20.9 Å². The highest BCUT2D eigenvalue weighted by molar-refractivity contribution is 5.79. The molecule has 0 unspecified atom stereocenters. The Bertz CT molecular complexity index is 452. The van der Waals surface area contributed by atoms with E-state index < -0.39 is 11.4 Å². The van der Waals surface area contributed by atoms with Crippen molar-refractivity contribution in [1.29, 1.82) is 0 Å². The number of amides is 1. The van der Waals surface area contributed by atoms with Crippen molar-refractivity contribution in [3.8, 4) is 0 Å². The van der Waals surface area contributed by atoms with Crippen LogP contribution >= 0.6 is 0 Å². The fourth-order valence-corrected chi connectivity index (χ4v) is 2.23. The molecule has 2 rings (SSSR count). The van der Waals surface area contributed by atoms with Crippen molar-refractivity contribution >= 4 is 11.9 Å². The van der Waals surface area contributed by atoms with Crippen LogP contribution in [0.3, 0.4) is 0 Å². The number of nitrogens with one attached hydrogen (secondary N) is 1. The summed E-state index contributed by atoms with van der Waals surface area (Å²) in [6, 6.07) is 1.79. The van der Waals surface area contributed by atoms with Gasteiger partial charge in [-0.05, 0) is 18.9 Å². The summed E-state index contributed by atoms with van der Waals surface area (Å²) in [4.78, 5) is 23.2. The second kappa shape index (κ2) is 6.51. The number of nitrogens with zero attached hydrogens (tertiary/aromatic N) is 2. The minimum atomic E-state index is -0.889. The van der Waals surface area contributed by atoms with Gasteiger partial charge >= 0.3 is 5.97 Å². The number of carbonyl (C=O) groups is 2. The smallest absolute Gasteiger partial charge is 0.311 e. The lowest BCUT2D eigenvalue weighted by Gasteiger charge is -2.33. The van der Waals surface area contributed by atoms with E-state index in [1.165, 1.54) is 0 Å². The van der Waals surface area contributed by atoms with Crippen molar-refractivity contribution in [2.75, 3.05) is 19.8 Å². The van der Waals surface area contributed by atoms with Crippen LogP contribution in [-0.4, -0.2) is 46.5 Å². The van der Waals surface area contributed by atoms with Gasteiger partial charge in [0.1, 0.15) is 0 Å². The van der Waals surface area contributed by atoms with Crippen molar-refractivity contribution in [3.63, 3.8) is 0 Å². The number of carboxylic acid groups (broad SMARTS) is 1. The summed E-state index contributed by atoms with van der Waals surface area (Å²) >= 11 is 0. The van der Waals surface area contributed by atoms with E-state index in [0.29, 0.717) is 32.6 Å². The number of aryl methyl sites for hydroxylation is 1. The van der Waals surface area contributed by atoms with Gasteiger partial charge in [0, 0.05) is 45.1 Å². The maximum absolute atomic E-state index is 11.8. The van der Waals surface area contributed by atoms with Gasteiger partial charge in [-0.25, -0.2) is 0 Å². The minimum absolute atomic E-state index is 0.156. The maximum Gasteiger partial charge on any atom is 0.311 e. The zero-order valence-electron chi connectivity index (χ0n) is 11.2. The van der Waals surface area contributed by atoms with Crippen LogP contribution in [0.25, 0.3) is 0 Å². The van der Waals surface area contributed by atoms with E-state index in [9.17, 15) is 14.7 Å². The molecule has 20 heavy (non-hydrogen) atoms. The van der Waals surface area contributed by atoms with Crippen molar-refractivity contribution in [2.24, 2.45) is 5.41 Å². The van der Waals surface area contributed by atoms with Crippen LogP contribution in [0.2, 0.25) is 0 Å². The first-order valence-electron chi connectivity index (χ1n) is 6.68. The van der Waals surface area contributed by atoms with Crippen LogP contribution in [0.4, 0.5) is 0 Å². The summed E-state index contributed by atoms with van der Waals surface area (Å²) in [5.41, 5.74) is -0.889. The van der Waals surface area contributed by atoms with Crippen molar-refractivity contribution < 1.29 is 19.4 Å². The van der Waals surface area contributed by atoms with Crippen LogP contribution < -0.4 is 5.32 Å². The number of rotatable bonds is 6. The van der Waals surface area contributed by atoms with Crippen LogP contribution in [0.1, 0.15) is 19.3 Å². The lowest BCUT2D eigenvalue weighted by atomic mass is 9.80. The topological polar surface area (TPSA) is 93.5 Å². The van der Waals surface area contributed by atoms with Crippen LogP contribution in [0, 0.1) is 5.41 Å². The molecular formula is C13H19N3O4. The SMILES string of the molecule is O=C(CCn1cccn1)NCC1(C(=O)O)CCOCC1. The number of hydrogen-bond acceptors (Lipinski definition) is 4. The zero-order chi connectivity index (χ0) is 14.4. The second-order valence-corrected chi connectivity index (χ2v) is 4.99. The average Bonchev–Trinajstić information content (AvgIpc) is 2.97.